The molecule has 0 bridgehead atoms. The molecular weight excluding hydrogens is 310 g/mol. The number of aromatic amines is 1. The molecule has 3 aromatic rings. The number of urea groups is 1. The summed E-state index contributed by atoms with van der Waals surface area (Å²) in [5.74, 6) is 0.951. The summed E-state index contributed by atoms with van der Waals surface area (Å²) >= 11 is 1.60. The molecule has 2 amide bonds. The van der Waals surface area contributed by atoms with Crippen LogP contribution in [0.5, 0.6) is 0 Å². The zero-order valence-corrected chi connectivity index (χ0v) is 13.9. The van der Waals surface area contributed by atoms with E-state index in [2.05, 4.69) is 25.6 Å². The van der Waals surface area contributed by atoms with Gasteiger partial charge >= 0.3 is 6.03 Å². The number of nitrogens with zero attached hydrogens (tertiary/aromatic N) is 2. The normalized spacial score (nSPS) is 12.3. The van der Waals surface area contributed by atoms with Gasteiger partial charge in [0.1, 0.15) is 5.82 Å². The Morgan fingerprint density at radius 2 is 2.26 bits per heavy atom. The van der Waals surface area contributed by atoms with E-state index in [0.29, 0.717) is 13.1 Å². The number of H-pyrrole nitrogens is 1. The fourth-order valence-corrected chi connectivity index (χ4v) is 3.05. The fraction of sp³-hybridized carbons (Fsp3) is 0.312. The highest BCUT2D eigenvalue weighted by Crippen LogP contribution is 2.16. The lowest BCUT2D eigenvalue weighted by molar-refractivity contribution is 0.239. The molecule has 7 heteroatoms. The van der Waals surface area contributed by atoms with Gasteiger partial charge < -0.3 is 15.6 Å². The van der Waals surface area contributed by atoms with Gasteiger partial charge in [-0.3, -0.25) is 0 Å². The fourth-order valence-electron chi connectivity index (χ4n) is 2.35. The molecule has 1 aromatic carbocycles. The molecule has 120 valence electrons. The first-order valence-corrected chi connectivity index (χ1v) is 8.36. The number of para-hydroxylation sites is 1. The summed E-state index contributed by atoms with van der Waals surface area (Å²) in [6, 6.07) is 5.78. The van der Waals surface area contributed by atoms with Crippen LogP contribution in [-0.2, 0) is 6.54 Å². The molecule has 0 aliphatic rings. The summed E-state index contributed by atoms with van der Waals surface area (Å²) in [6.45, 7) is 4.98. The lowest BCUT2D eigenvalue weighted by Crippen LogP contribution is -2.37. The minimum absolute atomic E-state index is 0.203. The lowest BCUT2D eigenvalue weighted by atomic mass is 10.2. The van der Waals surface area contributed by atoms with Crippen LogP contribution in [0.4, 0.5) is 4.79 Å². The van der Waals surface area contributed by atoms with Crippen LogP contribution in [0.15, 0.2) is 29.8 Å². The summed E-state index contributed by atoms with van der Waals surface area (Å²) < 4.78 is 0. The molecule has 1 atom stereocenters. The number of amides is 2. The molecule has 6 nitrogen and oxygen atoms in total. The average Bonchev–Trinajstić information content (AvgIpc) is 3.20. The number of aryl methyl sites for hydroxylation is 1. The molecule has 0 fully saturated rings. The van der Waals surface area contributed by atoms with Crippen LogP contribution in [0.3, 0.4) is 0 Å². The van der Waals surface area contributed by atoms with E-state index in [0.717, 1.165) is 27.4 Å². The van der Waals surface area contributed by atoms with Crippen molar-refractivity contribution in [1.82, 2.24) is 25.6 Å². The second kappa shape index (κ2) is 6.78. The smallest absolute Gasteiger partial charge is 0.315 e. The molecule has 0 saturated carbocycles. The third-order valence-electron chi connectivity index (χ3n) is 3.62. The summed E-state index contributed by atoms with van der Waals surface area (Å²) in [4.78, 5) is 23.9. The highest BCUT2D eigenvalue weighted by molar-refractivity contribution is 7.09. The Labute approximate surface area is 138 Å². The van der Waals surface area contributed by atoms with E-state index in [-0.39, 0.29) is 11.9 Å². The highest BCUT2D eigenvalue weighted by Gasteiger charge is 2.10. The van der Waals surface area contributed by atoms with E-state index in [1.165, 1.54) is 0 Å². The zero-order valence-electron chi connectivity index (χ0n) is 13.1. The number of thiazole rings is 1. The first-order valence-electron chi connectivity index (χ1n) is 7.49. The van der Waals surface area contributed by atoms with Crippen LogP contribution in [0.1, 0.15) is 29.2 Å². The van der Waals surface area contributed by atoms with Crippen LogP contribution in [-0.4, -0.2) is 27.5 Å². The molecule has 2 aromatic heterocycles. The van der Waals surface area contributed by atoms with E-state index in [1.807, 2.05) is 37.4 Å². The van der Waals surface area contributed by atoms with Gasteiger partial charge in [-0.15, -0.1) is 11.3 Å². The van der Waals surface area contributed by atoms with Crippen LogP contribution in [0, 0.1) is 6.92 Å². The Bertz CT molecular complexity index is 796. The molecule has 0 spiro atoms. The van der Waals surface area contributed by atoms with Gasteiger partial charge in [-0.1, -0.05) is 19.1 Å². The topological polar surface area (TPSA) is 82.7 Å². The van der Waals surface area contributed by atoms with Gasteiger partial charge in [0, 0.05) is 24.0 Å². The van der Waals surface area contributed by atoms with Crippen molar-refractivity contribution in [2.24, 2.45) is 0 Å². The lowest BCUT2D eigenvalue weighted by Gasteiger charge is -2.10. The summed E-state index contributed by atoms with van der Waals surface area (Å²) in [5.41, 5.74) is 3.05. The summed E-state index contributed by atoms with van der Waals surface area (Å²) in [7, 11) is 0. The minimum Gasteiger partial charge on any atom is -0.340 e. The van der Waals surface area contributed by atoms with Crippen molar-refractivity contribution in [2.75, 3.05) is 6.54 Å². The maximum Gasteiger partial charge on any atom is 0.315 e. The first-order chi connectivity index (χ1) is 11.1. The van der Waals surface area contributed by atoms with Crippen molar-refractivity contribution in [3.8, 4) is 0 Å². The number of rotatable bonds is 5. The number of nitrogens with one attached hydrogen (secondary N) is 3. The molecule has 0 aliphatic heterocycles. The predicted octanol–water partition coefficient (Wildman–Crippen LogP) is 2.93. The zero-order chi connectivity index (χ0) is 16.2. The Morgan fingerprint density at radius 1 is 1.39 bits per heavy atom. The van der Waals surface area contributed by atoms with Crippen LogP contribution in [0.25, 0.3) is 11.0 Å². The average molecular weight is 329 g/mol. The number of imidazole rings is 1. The SMILES string of the molecule is Cc1cccc2[nH]c(CNC(=O)NC[C@H](C)c3nccs3)nc12. The van der Waals surface area contributed by atoms with E-state index in [9.17, 15) is 4.79 Å². The third-order valence-corrected chi connectivity index (χ3v) is 4.63. The molecule has 0 radical (unpaired) electrons. The molecule has 0 aliphatic carbocycles. The van der Waals surface area contributed by atoms with Gasteiger partial charge in [-0.05, 0) is 18.6 Å². The van der Waals surface area contributed by atoms with Gasteiger partial charge in [0.05, 0.1) is 22.6 Å². The van der Waals surface area contributed by atoms with E-state index < -0.39 is 0 Å². The van der Waals surface area contributed by atoms with Crippen molar-refractivity contribution in [2.45, 2.75) is 26.3 Å². The quantitative estimate of drug-likeness (QED) is 0.673. The molecule has 3 rings (SSSR count). The van der Waals surface area contributed by atoms with Crippen LogP contribution in [0.2, 0.25) is 0 Å². The van der Waals surface area contributed by atoms with Crippen LogP contribution >= 0.6 is 11.3 Å². The Hall–Kier alpha value is -2.41. The number of hydrogen-bond donors (Lipinski definition) is 3. The van der Waals surface area contributed by atoms with Crippen molar-refractivity contribution >= 4 is 28.4 Å². The molecular formula is C16H19N5OS. The minimum atomic E-state index is -0.203. The summed E-state index contributed by atoms with van der Waals surface area (Å²) in [6.07, 6.45) is 1.78. The van der Waals surface area contributed by atoms with Gasteiger partial charge in [0.15, 0.2) is 0 Å². The second-order valence-corrected chi connectivity index (χ2v) is 6.42. The molecule has 23 heavy (non-hydrogen) atoms. The standard InChI is InChI=1S/C16H19N5OS/c1-10-4-3-5-12-14(10)21-13(20-12)9-19-16(22)18-8-11(2)15-17-6-7-23-15/h3-7,11H,8-9H2,1-2H3,(H,20,21)(H2,18,19,22)/t11-/m0/s1. The first kappa shape index (κ1) is 15.5. The molecule has 0 saturated heterocycles. The second-order valence-electron chi connectivity index (χ2n) is 5.49. The molecule has 3 N–H and O–H groups in total. The Balaban J connectivity index is 1.51. The largest absolute Gasteiger partial charge is 0.340 e. The van der Waals surface area contributed by atoms with Gasteiger partial charge in [-0.2, -0.15) is 0 Å². The van der Waals surface area contributed by atoms with Crippen LogP contribution < -0.4 is 10.6 Å². The van der Waals surface area contributed by atoms with E-state index in [1.54, 1.807) is 17.5 Å². The number of carbonyl (C=O) groups excluding carboxylic acids is 1. The Morgan fingerprint density at radius 3 is 3.00 bits per heavy atom. The predicted molar refractivity (Wildman–Crippen MR) is 91.6 cm³/mol. The number of fused-ring (bicyclic) bond motifs is 1. The monoisotopic (exact) mass is 329 g/mol. The Kier molecular flexibility index (Phi) is 4.57. The molecule has 0 unspecified atom stereocenters. The van der Waals surface area contributed by atoms with Crippen molar-refractivity contribution in [3.63, 3.8) is 0 Å². The highest BCUT2D eigenvalue weighted by atomic mass is 32.1. The number of aromatic nitrogens is 3. The van der Waals surface area contributed by atoms with E-state index in [4.69, 9.17) is 0 Å². The van der Waals surface area contributed by atoms with Gasteiger partial charge in [-0.25, -0.2) is 14.8 Å². The van der Waals surface area contributed by atoms with Gasteiger partial charge in [0.25, 0.3) is 0 Å². The van der Waals surface area contributed by atoms with E-state index >= 15 is 0 Å². The maximum absolute atomic E-state index is 11.9. The van der Waals surface area contributed by atoms with Crippen molar-refractivity contribution in [1.29, 1.82) is 0 Å². The number of benzene rings is 1. The van der Waals surface area contributed by atoms with Gasteiger partial charge in [0.2, 0.25) is 0 Å². The summed E-state index contributed by atoms with van der Waals surface area (Å²) in [5, 5.41) is 8.65. The molecule has 2 heterocycles. The maximum atomic E-state index is 11.9. The third kappa shape index (κ3) is 3.68. The van der Waals surface area contributed by atoms with Crippen molar-refractivity contribution in [3.05, 3.63) is 46.2 Å². The number of carbonyl (C=O) groups is 1. The van der Waals surface area contributed by atoms with Crippen molar-refractivity contribution < 1.29 is 4.79 Å². The number of hydrogen-bond acceptors (Lipinski definition) is 4.